The molecule has 0 bridgehead atoms. The Hall–Kier alpha value is -1.87. The zero-order chi connectivity index (χ0) is 13.3. The standard InChI is InChI=1S/C16H18N2O/c17-16(9-3-4-10-16)15(19)18-14-8-7-12-5-1-2-6-13(12)11-14/h1-2,5-8,11H,3-4,9-10,17H2,(H,18,19). The van der Waals surface area contributed by atoms with Gasteiger partial charge in [0, 0.05) is 5.69 Å². The molecule has 0 saturated heterocycles. The third kappa shape index (κ3) is 2.34. The quantitative estimate of drug-likeness (QED) is 0.865. The maximum Gasteiger partial charge on any atom is 0.244 e. The summed E-state index contributed by atoms with van der Waals surface area (Å²) < 4.78 is 0. The minimum Gasteiger partial charge on any atom is -0.324 e. The number of hydrogen-bond acceptors (Lipinski definition) is 2. The number of carbonyl (C=O) groups excluding carboxylic acids is 1. The minimum absolute atomic E-state index is 0.0553. The lowest BCUT2D eigenvalue weighted by atomic mass is 9.98. The van der Waals surface area contributed by atoms with Crippen LogP contribution in [-0.2, 0) is 4.79 Å². The molecule has 3 nitrogen and oxygen atoms in total. The van der Waals surface area contributed by atoms with E-state index in [2.05, 4.69) is 11.4 Å². The second-order valence-electron chi connectivity index (χ2n) is 5.38. The van der Waals surface area contributed by atoms with E-state index in [0.717, 1.165) is 36.8 Å². The smallest absolute Gasteiger partial charge is 0.244 e. The molecule has 3 N–H and O–H groups in total. The first-order chi connectivity index (χ1) is 9.17. The van der Waals surface area contributed by atoms with Crippen molar-refractivity contribution in [3.05, 3.63) is 42.5 Å². The molecule has 19 heavy (non-hydrogen) atoms. The fourth-order valence-corrected chi connectivity index (χ4v) is 2.76. The van der Waals surface area contributed by atoms with Gasteiger partial charge in [-0.2, -0.15) is 0 Å². The molecular weight excluding hydrogens is 236 g/mol. The third-order valence-electron chi connectivity index (χ3n) is 3.96. The van der Waals surface area contributed by atoms with Crippen molar-refractivity contribution in [1.29, 1.82) is 0 Å². The van der Waals surface area contributed by atoms with Gasteiger partial charge < -0.3 is 11.1 Å². The summed E-state index contributed by atoms with van der Waals surface area (Å²) in [7, 11) is 0. The molecule has 3 heteroatoms. The van der Waals surface area contributed by atoms with Crippen molar-refractivity contribution in [2.45, 2.75) is 31.2 Å². The highest BCUT2D eigenvalue weighted by molar-refractivity contribution is 5.99. The zero-order valence-corrected chi connectivity index (χ0v) is 10.9. The van der Waals surface area contributed by atoms with Crippen molar-refractivity contribution in [1.82, 2.24) is 0 Å². The van der Waals surface area contributed by atoms with E-state index in [-0.39, 0.29) is 5.91 Å². The molecule has 2 aromatic rings. The lowest BCUT2D eigenvalue weighted by Crippen LogP contribution is -2.48. The number of hydrogen-bond donors (Lipinski definition) is 2. The van der Waals surface area contributed by atoms with Crippen molar-refractivity contribution >= 4 is 22.4 Å². The Morgan fingerprint density at radius 1 is 1.05 bits per heavy atom. The van der Waals surface area contributed by atoms with Gasteiger partial charge in [0.05, 0.1) is 5.54 Å². The summed E-state index contributed by atoms with van der Waals surface area (Å²) in [5.41, 5.74) is 6.30. The Kier molecular flexibility index (Phi) is 2.99. The lowest BCUT2D eigenvalue weighted by molar-refractivity contribution is -0.121. The van der Waals surface area contributed by atoms with Gasteiger partial charge in [0.2, 0.25) is 5.91 Å². The van der Waals surface area contributed by atoms with Gasteiger partial charge in [0.15, 0.2) is 0 Å². The second-order valence-corrected chi connectivity index (χ2v) is 5.38. The van der Waals surface area contributed by atoms with Gasteiger partial charge in [-0.15, -0.1) is 0 Å². The number of nitrogens with two attached hydrogens (primary N) is 1. The molecule has 98 valence electrons. The van der Waals surface area contributed by atoms with Crippen molar-refractivity contribution in [3.8, 4) is 0 Å². The van der Waals surface area contributed by atoms with Crippen LogP contribution in [0.1, 0.15) is 25.7 Å². The van der Waals surface area contributed by atoms with Crippen LogP contribution in [0.5, 0.6) is 0 Å². The fourth-order valence-electron chi connectivity index (χ4n) is 2.76. The fraction of sp³-hybridized carbons (Fsp3) is 0.312. The number of amides is 1. The van der Waals surface area contributed by atoms with Crippen LogP contribution >= 0.6 is 0 Å². The van der Waals surface area contributed by atoms with Crippen LogP contribution in [0.15, 0.2) is 42.5 Å². The highest BCUT2D eigenvalue weighted by Crippen LogP contribution is 2.29. The average molecular weight is 254 g/mol. The minimum atomic E-state index is -0.675. The molecule has 1 aliphatic carbocycles. The summed E-state index contributed by atoms with van der Waals surface area (Å²) in [4.78, 5) is 12.2. The number of benzene rings is 2. The summed E-state index contributed by atoms with van der Waals surface area (Å²) in [6.07, 6.45) is 3.65. The molecule has 0 spiro atoms. The predicted octanol–water partition coefficient (Wildman–Crippen LogP) is 3.05. The summed E-state index contributed by atoms with van der Waals surface area (Å²) in [5.74, 6) is -0.0553. The molecular formula is C16H18N2O. The molecule has 3 rings (SSSR count). The van der Waals surface area contributed by atoms with Crippen LogP contribution in [0.4, 0.5) is 5.69 Å². The molecule has 1 saturated carbocycles. The Labute approximate surface area is 112 Å². The van der Waals surface area contributed by atoms with Crippen LogP contribution in [0, 0.1) is 0 Å². The van der Waals surface area contributed by atoms with Gasteiger partial charge in [-0.1, -0.05) is 43.2 Å². The zero-order valence-electron chi connectivity index (χ0n) is 10.9. The van der Waals surface area contributed by atoms with Crippen LogP contribution < -0.4 is 11.1 Å². The van der Waals surface area contributed by atoms with Crippen molar-refractivity contribution in [2.75, 3.05) is 5.32 Å². The van der Waals surface area contributed by atoms with E-state index in [1.165, 1.54) is 5.39 Å². The Morgan fingerprint density at radius 3 is 2.47 bits per heavy atom. The largest absolute Gasteiger partial charge is 0.324 e. The number of anilines is 1. The second kappa shape index (κ2) is 4.67. The van der Waals surface area contributed by atoms with Crippen molar-refractivity contribution in [3.63, 3.8) is 0 Å². The Bertz CT molecular complexity index is 615. The van der Waals surface area contributed by atoms with Gasteiger partial charge in [0.1, 0.15) is 0 Å². The summed E-state index contributed by atoms with van der Waals surface area (Å²) >= 11 is 0. The number of carbonyl (C=O) groups is 1. The molecule has 0 heterocycles. The highest BCUT2D eigenvalue weighted by Gasteiger charge is 2.36. The van der Waals surface area contributed by atoms with Gasteiger partial charge in [-0.3, -0.25) is 4.79 Å². The number of nitrogens with one attached hydrogen (secondary N) is 1. The maximum absolute atomic E-state index is 12.2. The van der Waals surface area contributed by atoms with E-state index in [9.17, 15) is 4.79 Å². The molecule has 0 atom stereocenters. The highest BCUT2D eigenvalue weighted by atomic mass is 16.2. The Morgan fingerprint density at radius 2 is 1.74 bits per heavy atom. The molecule has 1 fully saturated rings. The summed E-state index contributed by atoms with van der Waals surface area (Å²) in [6, 6.07) is 14.0. The summed E-state index contributed by atoms with van der Waals surface area (Å²) in [6.45, 7) is 0. The van der Waals surface area contributed by atoms with Gasteiger partial charge in [-0.25, -0.2) is 0 Å². The molecule has 0 radical (unpaired) electrons. The molecule has 0 unspecified atom stereocenters. The van der Waals surface area contributed by atoms with E-state index in [1.54, 1.807) is 0 Å². The van der Waals surface area contributed by atoms with Crippen LogP contribution in [0.25, 0.3) is 10.8 Å². The number of fused-ring (bicyclic) bond motifs is 1. The molecule has 1 aliphatic rings. The molecule has 0 aliphatic heterocycles. The van der Waals surface area contributed by atoms with E-state index >= 15 is 0 Å². The lowest BCUT2D eigenvalue weighted by Gasteiger charge is -2.22. The molecule has 2 aromatic carbocycles. The molecule has 1 amide bonds. The molecule has 0 aromatic heterocycles. The van der Waals surface area contributed by atoms with E-state index < -0.39 is 5.54 Å². The van der Waals surface area contributed by atoms with Gasteiger partial charge in [-0.05, 0) is 35.7 Å². The van der Waals surface area contributed by atoms with Crippen molar-refractivity contribution in [2.24, 2.45) is 5.73 Å². The van der Waals surface area contributed by atoms with Crippen molar-refractivity contribution < 1.29 is 4.79 Å². The third-order valence-corrected chi connectivity index (χ3v) is 3.96. The topological polar surface area (TPSA) is 55.1 Å². The van der Waals surface area contributed by atoms with Crippen LogP contribution in [-0.4, -0.2) is 11.4 Å². The maximum atomic E-state index is 12.2. The Balaban J connectivity index is 1.83. The average Bonchev–Trinajstić information content (AvgIpc) is 2.87. The van der Waals surface area contributed by atoms with Crippen LogP contribution in [0.3, 0.4) is 0 Å². The van der Waals surface area contributed by atoms with Gasteiger partial charge in [0.25, 0.3) is 0 Å². The first kappa shape index (κ1) is 12.2. The van der Waals surface area contributed by atoms with E-state index in [0.29, 0.717) is 0 Å². The monoisotopic (exact) mass is 254 g/mol. The summed E-state index contributed by atoms with van der Waals surface area (Å²) in [5, 5.41) is 5.25. The number of rotatable bonds is 2. The van der Waals surface area contributed by atoms with E-state index in [4.69, 9.17) is 5.73 Å². The first-order valence-corrected chi connectivity index (χ1v) is 6.77. The van der Waals surface area contributed by atoms with Gasteiger partial charge >= 0.3 is 0 Å². The SMILES string of the molecule is NC1(C(=O)Nc2ccc3ccccc3c2)CCCC1. The normalized spacial score (nSPS) is 17.5. The first-order valence-electron chi connectivity index (χ1n) is 6.77. The van der Waals surface area contributed by atoms with Crippen LogP contribution in [0.2, 0.25) is 0 Å². The van der Waals surface area contributed by atoms with E-state index in [1.807, 2.05) is 36.4 Å². The predicted molar refractivity (Wildman–Crippen MR) is 78.0 cm³/mol.